The number of carbonyl (C=O) groups excluding carboxylic acids is 3. The van der Waals surface area contributed by atoms with Crippen LogP contribution in [-0.2, 0) is 38.4 Å². The molecule has 0 radical (unpaired) electrons. The molecule has 1 fully saturated rings. The van der Waals surface area contributed by atoms with Crippen molar-refractivity contribution in [3.8, 4) is 0 Å². The van der Waals surface area contributed by atoms with Crippen molar-refractivity contribution in [2.75, 3.05) is 26.3 Å². The zero-order valence-electron chi connectivity index (χ0n) is 29.1. The zero-order chi connectivity index (χ0) is 35.9. The lowest BCUT2D eigenvalue weighted by molar-refractivity contribution is -0.141. The van der Waals surface area contributed by atoms with Gasteiger partial charge in [0, 0.05) is 30.8 Å². The topological polar surface area (TPSA) is 137 Å². The second-order valence-electron chi connectivity index (χ2n) is 13.2. The summed E-state index contributed by atoms with van der Waals surface area (Å²) in [5.74, 6) is -2.25. The van der Waals surface area contributed by atoms with E-state index in [1.807, 2.05) is 74.5 Å². The minimum absolute atomic E-state index is 0.152. The van der Waals surface area contributed by atoms with Crippen LogP contribution in [0.1, 0.15) is 60.2 Å². The molecule has 3 atom stereocenters. The molecular weight excluding hydrogens is 632 g/mol. The van der Waals surface area contributed by atoms with Crippen LogP contribution in [-0.4, -0.2) is 78.1 Å². The fourth-order valence-corrected chi connectivity index (χ4v) is 6.00. The minimum atomic E-state index is -1.24. The minimum Gasteiger partial charge on any atom is -0.481 e. The largest absolute Gasteiger partial charge is 0.481 e. The van der Waals surface area contributed by atoms with Crippen molar-refractivity contribution in [2.45, 2.75) is 70.5 Å². The summed E-state index contributed by atoms with van der Waals surface area (Å²) >= 11 is 0. The number of ether oxygens (including phenoxy) is 1. The molecule has 3 aromatic rings. The van der Waals surface area contributed by atoms with E-state index in [1.54, 1.807) is 17.0 Å². The predicted octanol–water partition coefficient (Wildman–Crippen LogP) is 4.54. The highest BCUT2D eigenvalue weighted by Crippen LogP contribution is 2.15. The molecule has 1 heterocycles. The molecule has 10 heteroatoms. The first-order chi connectivity index (χ1) is 24.1. The molecule has 0 saturated carbocycles. The van der Waals surface area contributed by atoms with Gasteiger partial charge in [0.15, 0.2) is 0 Å². The van der Waals surface area contributed by atoms with Crippen LogP contribution in [0.3, 0.4) is 0 Å². The average Bonchev–Trinajstić information content (AvgIpc) is 3.11. The number of aliphatic carboxylic acids is 1. The van der Waals surface area contributed by atoms with Gasteiger partial charge >= 0.3 is 5.97 Å². The fourth-order valence-electron chi connectivity index (χ4n) is 6.00. The monoisotopic (exact) mass is 682 g/mol. The third-order valence-electron chi connectivity index (χ3n) is 8.70. The Bertz CT molecular complexity index is 1560. The Kier molecular flexibility index (Phi) is 14.6. The van der Waals surface area contributed by atoms with Crippen molar-refractivity contribution in [1.29, 1.82) is 0 Å². The van der Waals surface area contributed by atoms with Crippen molar-refractivity contribution in [3.05, 3.63) is 119 Å². The molecular formula is C40H50N4O6. The fraction of sp³-hybridized carbons (Fsp3) is 0.400. The van der Waals surface area contributed by atoms with Gasteiger partial charge in [-0.1, -0.05) is 93.2 Å². The Morgan fingerprint density at radius 2 is 1.34 bits per heavy atom. The molecule has 3 amide bonds. The number of benzene rings is 3. The maximum absolute atomic E-state index is 13.7. The summed E-state index contributed by atoms with van der Waals surface area (Å²) in [5.41, 5.74) is 4.09. The highest BCUT2D eigenvalue weighted by Gasteiger charge is 2.32. The Hall–Kier alpha value is -4.96. The van der Waals surface area contributed by atoms with E-state index in [9.17, 15) is 24.3 Å². The van der Waals surface area contributed by atoms with Gasteiger partial charge in [0.2, 0.25) is 11.8 Å². The van der Waals surface area contributed by atoms with E-state index in [0.717, 1.165) is 30.4 Å². The summed E-state index contributed by atoms with van der Waals surface area (Å²) in [5, 5.41) is 18.6. The van der Waals surface area contributed by atoms with Crippen LogP contribution < -0.4 is 16.0 Å². The number of hydrogen-bond acceptors (Lipinski definition) is 6. The van der Waals surface area contributed by atoms with E-state index in [2.05, 4.69) is 34.7 Å². The van der Waals surface area contributed by atoms with Crippen LogP contribution in [0.2, 0.25) is 0 Å². The predicted molar refractivity (Wildman–Crippen MR) is 193 cm³/mol. The van der Waals surface area contributed by atoms with E-state index >= 15 is 0 Å². The first kappa shape index (κ1) is 37.9. The van der Waals surface area contributed by atoms with E-state index in [-0.39, 0.29) is 24.2 Å². The SMILES string of the molecule is C=C(N[C@@H](CC(=O)O)C(=O)N[C@@H](Cc1ccccc1)C(=O)N1CCOCC1)[C@H](CC(C)C)NC(=O)c1ccc(CCCc2ccccc2)cc1. The quantitative estimate of drug-likeness (QED) is 0.155. The number of morpholine rings is 1. The molecule has 0 aromatic heterocycles. The molecule has 50 heavy (non-hydrogen) atoms. The molecule has 4 N–H and O–H groups in total. The number of carboxylic acids is 1. The van der Waals surface area contributed by atoms with Crippen LogP contribution in [0, 0.1) is 5.92 Å². The number of hydrogen-bond donors (Lipinski definition) is 4. The molecule has 1 aliphatic heterocycles. The number of rotatable bonds is 18. The second kappa shape index (κ2) is 19.3. The van der Waals surface area contributed by atoms with Crippen molar-refractivity contribution in [1.82, 2.24) is 20.9 Å². The standard InChI is InChI=1S/C40H50N4O6/c1-28(2)25-34(42-38(47)33-19-17-31(18-20-33)16-10-15-30-11-6-4-7-12-30)29(3)41-35(27-37(45)46)39(48)43-36(26-32-13-8-5-9-14-32)40(49)44-21-23-50-24-22-44/h4-9,11-14,17-20,28,34-36,41H,3,10,15-16,21-27H2,1-2H3,(H,42,47)(H,43,48)(H,45,46)/t34-,35-,36-/m0/s1. The lowest BCUT2D eigenvalue weighted by atomic mass is 9.99. The van der Waals surface area contributed by atoms with Gasteiger partial charge in [0.25, 0.3) is 5.91 Å². The molecule has 10 nitrogen and oxygen atoms in total. The van der Waals surface area contributed by atoms with Gasteiger partial charge in [-0.05, 0) is 60.4 Å². The number of aryl methyl sites for hydroxylation is 2. The van der Waals surface area contributed by atoms with Crippen LogP contribution in [0.25, 0.3) is 0 Å². The Balaban J connectivity index is 1.41. The molecule has 0 bridgehead atoms. The number of carboxylic acid groups (broad SMARTS) is 1. The summed E-state index contributed by atoms with van der Waals surface area (Å²) < 4.78 is 5.40. The van der Waals surface area contributed by atoms with E-state index in [4.69, 9.17) is 4.74 Å². The van der Waals surface area contributed by atoms with Crippen LogP contribution in [0.15, 0.2) is 97.2 Å². The molecule has 0 aliphatic carbocycles. The molecule has 3 aromatic carbocycles. The van der Waals surface area contributed by atoms with Gasteiger partial charge in [-0.2, -0.15) is 0 Å². The number of carbonyl (C=O) groups is 4. The maximum atomic E-state index is 13.7. The first-order valence-corrected chi connectivity index (χ1v) is 17.4. The van der Waals surface area contributed by atoms with Crippen LogP contribution in [0.5, 0.6) is 0 Å². The maximum Gasteiger partial charge on any atom is 0.305 e. The second-order valence-corrected chi connectivity index (χ2v) is 13.2. The van der Waals surface area contributed by atoms with Crippen LogP contribution >= 0.6 is 0 Å². The van der Waals surface area contributed by atoms with Gasteiger partial charge in [0.1, 0.15) is 12.1 Å². The van der Waals surface area contributed by atoms with Crippen LogP contribution in [0.4, 0.5) is 0 Å². The van der Waals surface area contributed by atoms with Gasteiger partial charge in [-0.25, -0.2) is 0 Å². The summed E-state index contributed by atoms with van der Waals surface area (Å²) in [6.07, 6.45) is 3.06. The van der Waals surface area contributed by atoms with Crippen molar-refractivity contribution < 1.29 is 29.0 Å². The third-order valence-corrected chi connectivity index (χ3v) is 8.70. The Labute approximate surface area is 295 Å². The smallest absolute Gasteiger partial charge is 0.305 e. The highest BCUT2D eigenvalue weighted by atomic mass is 16.5. The molecule has 0 spiro atoms. The average molecular weight is 683 g/mol. The Morgan fingerprint density at radius 1 is 0.760 bits per heavy atom. The van der Waals surface area contributed by atoms with Gasteiger partial charge < -0.3 is 30.7 Å². The van der Waals surface area contributed by atoms with Gasteiger partial charge in [-0.3, -0.25) is 19.2 Å². The number of nitrogens with one attached hydrogen (secondary N) is 3. The Morgan fingerprint density at radius 3 is 1.92 bits per heavy atom. The van der Waals surface area contributed by atoms with Gasteiger partial charge in [-0.15, -0.1) is 0 Å². The summed E-state index contributed by atoms with van der Waals surface area (Å²) in [6.45, 7) is 9.75. The molecule has 1 aliphatic rings. The summed E-state index contributed by atoms with van der Waals surface area (Å²) in [4.78, 5) is 54.3. The normalized spacial score (nSPS) is 14.7. The number of nitrogens with zero attached hydrogens (tertiary/aromatic N) is 1. The molecule has 0 unspecified atom stereocenters. The molecule has 266 valence electrons. The third kappa shape index (κ3) is 12.2. The van der Waals surface area contributed by atoms with Crippen molar-refractivity contribution >= 4 is 23.7 Å². The lowest BCUT2D eigenvalue weighted by Crippen LogP contribution is -2.56. The number of amides is 3. The van der Waals surface area contributed by atoms with E-state index in [1.165, 1.54) is 5.56 Å². The van der Waals surface area contributed by atoms with E-state index in [0.29, 0.717) is 44.0 Å². The molecule has 1 saturated heterocycles. The molecule has 4 rings (SSSR count). The zero-order valence-corrected chi connectivity index (χ0v) is 29.1. The first-order valence-electron chi connectivity index (χ1n) is 17.4. The van der Waals surface area contributed by atoms with Crippen molar-refractivity contribution in [3.63, 3.8) is 0 Å². The van der Waals surface area contributed by atoms with E-state index < -0.39 is 36.4 Å². The summed E-state index contributed by atoms with van der Waals surface area (Å²) in [6, 6.07) is 24.4. The lowest BCUT2D eigenvalue weighted by Gasteiger charge is -2.32. The summed E-state index contributed by atoms with van der Waals surface area (Å²) in [7, 11) is 0. The highest BCUT2D eigenvalue weighted by molar-refractivity contribution is 5.95. The van der Waals surface area contributed by atoms with Gasteiger partial charge in [0.05, 0.1) is 25.7 Å². The van der Waals surface area contributed by atoms with Crippen molar-refractivity contribution in [2.24, 2.45) is 5.92 Å².